The fourth-order valence-corrected chi connectivity index (χ4v) is 2.11. The number of aliphatic hydroxyl groups is 1. The van der Waals surface area contributed by atoms with Gasteiger partial charge in [-0.2, -0.15) is 0 Å². The van der Waals surface area contributed by atoms with Gasteiger partial charge in [-0.05, 0) is 30.5 Å². The number of aliphatic hydroxyl groups excluding tert-OH is 1. The van der Waals surface area contributed by atoms with Crippen molar-refractivity contribution in [2.45, 2.75) is 26.2 Å². The third-order valence-electron chi connectivity index (χ3n) is 2.89. The van der Waals surface area contributed by atoms with Crippen LogP contribution in [0.4, 0.5) is 0 Å². The molecule has 0 saturated carbocycles. The molecule has 1 heterocycles. The fraction of sp³-hybridized carbons (Fsp3) is 0.333. The Bertz CT molecular complexity index is 558. The zero-order valence-electron chi connectivity index (χ0n) is 11.3. The van der Waals surface area contributed by atoms with Gasteiger partial charge in [0.25, 0.3) is 0 Å². The molecule has 0 amide bonds. The number of aromatic nitrogens is 2. The summed E-state index contributed by atoms with van der Waals surface area (Å²) in [6, 6.07) is 7.56. The number of halogens is 1. The molecule has 0 spiro atoms. The van der Waals surface area contributed by atoms with E-state index in [1.807, 2.05) is 24.3 Å². The number of rotatable bonds is 6. The van der Waals surface area contributed by atoms with Crippen LogP contribution in [0.1, 0.15) is 24.5 Å². The molecule has 0 fully saturated rings. The lowest BCUT2D eigenvalue weighted by molar-refractivity contribution is 0.299. The van der Waals surface area contributed by atoms with E-state index in [4.69, 9.17) is 21.4 Å². The van der Waals surface area contributed by atoms with E-state index in [0.717, 1.165) is 24.0 Å². The van der Waals surface area contributed by atoms with Crippen LogP contribution in [0.2, 0.25) is 5.15 Å². The summed E-state index contributed by atoms with van der Waals surface area (Å²) in [6.07, 6.45) is 3.76. The molecule has 0 bridgehead atoms. The van der Waals surface area contributed by atoms with Crippen LogP contribution in [0, 0.1) is 0 Å². The summed E-state index contributed by atoms with van der Waals surface area (Å²) in [7, 11) is 0. The first-order valence-electron chi connectivity index (χ1n) is 6.61. The van der Waals surface area contributed by atoms with Gasteiger partial charge in [0.2, 0.25) is 5.88 Å². The Balaban J connectivity index is 2.19. The van der Waals surface area contributed by atoms with Gasteiger partial charge in [-0.3, -0.25) is 0 Å². The third kappa shape index (κ3) is 3.68. The molecule has 0 saturated heterocycles. The highest BCUT2D eigenvalue weighted by Gasteiger charge is 2.11. The standard InChI is InChI=1S/C15H17ClN2O2/c1-2-3-13-14(16)17-10-18-15(13)20-12-6-4-11(5-7-12)8-9-19/h4-7,10,19H,2-3,8-9H2,1H3. The van der Waals surface area contributed by atoms with Crippen LogP contribution >= 0.6 is 11.6 Å². The molecule has 0 aliphatic carbocycles. The molecule has 5 heteroatoms. The molecule has 2 aromatic rings. The molecule has 0 aliphatic heterocycles. The molecule has 20 heavy (non-hydrogen) atoms. The summed E-state index contributed by atoms with van der Waals surface area (Å²) in [5.41, 5.74) is 1.89. The van der Waals surface area contributed by atoms with Crippen LogP contribution < -0.4 is 4.74 Å². The monoisotopic (exact) mass is 292 g/mol. The number of nitrogens with zero attached hydrogens (tertiary/aromatic N) is 2. The number of hydrogen-bond acceptors (Lipinski definition) is 4. The van der Waals surface area contributed by atoms with Crippen LogP contribution in [0.15, 0.2) is 30.6 Å². The van der Waals surface area contributed by atoms with Crippen molar-refractivity contribution in [2.24, 2.45) is 0 Å². The van der Waals surface area contributed by atoms with Crippen molar-refractivity contribution in [3.8, 4) is 11.6 Å². The highest BCUT2D eigenvalue weighted by atomic mass is 35.5. The molecule has 0 radical (unpaired) electrons. The van der Waals surface area contributed by atoms with Crippen LogP contribution in [-0.2, 0) is 12.8 Å². The SMILES string of the molecule is CCCc1c(Cl)ncnc1Oc1ccc(CCO)cc1. The van der Waals surface area contributed by atoms with Gasteiger partial charge in [0, 0.05) is 6.61 Å². The van der Waals surface area contributed by atoms with Gasteiger partial charge in [0.1, 0.15) is 17.2 Å². The Hall–Kier alpha value is -1.65. The number of hydrogen-bond donors (Lipinski definition) is 1. The smallest absolute Gasteiger partial charge is 0.226 e. The number of ether oxygens (including phenoxy) is 1. The number of benzene rings is 1. The minimum absolute atomic E-state index is 0.141. The van der Waals surface area contributed by atoms with Gasteiger partial charge >= 0.3 is 0 Å². The van der Waals surface area contributed by atoms with E-state index in [2.05, 4.69) is 16.9 Å². The fourth-order valence-electron chi connectivity index (χ4n) is 1.89. The highest BCUT2D eigenvalue weighted by Crippen LogP contribution is 2.28. The zero-order valence-corrected chi connectivity index (χ0v) is 12.1. The van der Waals surface area contributed by atoms with Crippen LogP contribution in [0.3, 0.4) is 0 Å². The molecule has 1 aromatic heterocycles. The molecule has 2 rings (SSSR count). The Morgan fingerprint density at radius 2 is 1.90 bits per heavy atom. The van der Waals surface area contributed by atoms with Crippen LogP contribution in [-0.4, -0.2) is 21.7 Å². The quantitative estimate of drug-likeness (QED) is 0.829. The summed E-state index contributed by atoms with van der Waals surface area (Å²) in [5.74, 6) is 1.19. The Labute approximate surface area is 123 Å². The molecule has 106 valence electrons. The first-order chi connectivity index (χ1) is 9.74. The molecule has 0 atom stereocenters. The van der Waals surface area contributed by atoms with E-state index in [0.29, 0.717) is 23.2 Å². The van der Waals surface area contributed by atoms with Crippen molar-refractivity contribution < 1.29 is 9.84 Å². The van der Waals surface area contributed by atoms with Crippen molar-refractivity contribution in [3.63, 3.8) is 0 Å². The van der Waals surface area contributed by atoms with Gasteiger partial charge in [-0.15, -0.1) is 0 Å². The predicted octanol–water partition coefficient (Wildman–Crippen LogP) is 3.41. The normalized spacial score (nSPS) is 10.6. The summed E-state index contributed by atoms with van der Waals surface area (Å²) in [4.78, 5) is 8.14. The lowest BCUT2D eigenvalue weighted by Gasteiger charge is -2.10. The third-order valence-corrected chi connectivity index (χ3v) is 3.22. The maximum atomic E-state index is 8.89. The van der Waals surface area contributed by atoms with Gasteiger partial charge in [0.15, 0.2) is 0 Å². The van der Waals surface area contributed by atoms with Crippen molar-refractivity contribution in [3.05, 3.63) is 46.9 Å². The van der Waals surface area contributed by atoms with Gasteiger partial charge in [-0.25, -0.2) is 9.97 Å². The topological polar surface area (TPSA) is 55.2 Å². The van der Waals surface area contributed by atoms with E-state index in [1.54, 1.807) is 0 Å². The van der Waals surface area contributed by atoms with Crippen LogP contribution in [0.25, 0.3) is 0 Å². The second-order valence-electron chi connectivity index (χ2n) is 4.42. The largest absolute Gasteiger partial charge is 0.439 e. The van der Waals surface area contributed by atoms with E-state index in [-0.39, 0.29) is 6.61 Å². The molecule has 1 N–H and O–H groups in total. The summed E-state index contributed by atoms with van der Waals surface area (Å²) in [5, 5.41) is 9.33. The summed E-state index contributed by atoms with van der Waals surface area (Å²) >= 11 is 6.08. The molecule has 0 aliphatic rings. The zero-order chi connectivity index (χ0) is 14.4. The molecule has 4 nitrogen and oxygen atoms in total. The van der Waals surface area contributed by atoms with E-state index in [1.165, 1.54) is 6.33 Å². The highest BCUT2D eigenvalue weighted by molar-refractivity contribution is 6.30. The van der Waals surface area contributed by atoms with E-state index < -0.39 is 0 Å². The first kappa shape index (κ1) is 14.8. The predicted molar refractivity (Wildman–Crippen MR) is 78.3 cm³/mol. The Morgan fingerprint density at radius 3 is 2.55 bits per heavy atom. The van der Waals surface area contributed by atoms with Gasteiger partial charge < -0.3 is 9.84 Å². The minimum atomic E-state index is 0.141. The van der Waals surface area contributed by atoms with Crippen LogP contribution in [0.5, 0.6) is 11.6 Å². The maximum absolute atomic E-state index is 8.89. The molecule has 1 aromatic carbocycles. The summed E-state index contributed by atoms with van der Waals surface area (Å²) in [6.45, 7) is 2.21. The van der Waals surface area contributed by atoms with Crippen molar-refractivity contribution >= 4 is 11.6 Å². The second-order valence-corrected chi connectivity index (χ2v) is 4.78. The second kappa shape index (κ2) is 7.22. The van der Waals surface area contributed by atoms with Crippen molar-refractivity contribution in [2.75, 3.05) is 6.61 Å². The average molecular weight is 293 g/mol. The molecular formula is C15H17ClN2O2. The first-order valence-corrected chi connectivity index (χ1v) is 6.99. The van der Waals surface area contributed by atoms with E-state index >= 15 is 0 Å². The van der Waals surface area contributed by atoms with Gasteiger partial charge in [0.05, 0.1) is 5.56 Å². The lowest BCUT2D eigenvalue weighted by atomic mass is 10.1. The average Bonchev–Trinajstić information content (AvgIpc) is 2.45. The molecule has 0 unspecified atom stereocenters. The Kier molecular flexibility index (Phi) is 5.32. The minimum Gasteiger partial charge on any atom is -0.439 e. The Morgan fingerprint density at radius 1 is 1.15 bits per heavy atom. The van der Waals surface area contributed by atoms with Crippen molar-refractivity contribution in [1.82, 2.24) is 9.97 Å². The van der Waals surface area contributed by atoms with E-state index in [9.17, 15) is 0 Å². The van der Waals surface area contributed by atoms with Gasteiger partial charge in [-0.1, -0.05) is 37.1 Å². The van der Waals surface area contributed by atoms with Crippen molar-refractivity contribution in [1.29, 1.82) is 0 Å². The lowest BCUT2D eigenvalue weighted by Crippen LogP contribution is -1.98. The summed E-state index contributed by atoms with van der Waals surface area (Å²) < 4.78 is 5.78. The molecular weight excluding hydrogens is 276 g/mol. The maximum Gasteiger partial charge on any atom is 0.226 e.